The van der Waals surface area contributed by atoms with E-state index in [-0.39, 0.29) is 30.1 Å². The molecule has 2 aromatic carbocycles. The standard InChI is InChI=1S/C26H37N3O3.HI/c1-4-30-23-14-13-20(18-24(23)31-5-2)15-16-28-26(27-3)29-19-22-12-9-17-32-25(22)21-10-7-6-8-11-21;/h6-8,10-11,13-14,18,22,25H,4-5,9,12,15-17,19H2,1-3H3,(H2,27,28,29);1H. The van der Waals surface area contributed by atoms with Crippen LogP contribution in [0.1, 0.15) is 43.9 Å². The summed E-state index contributed by atoms with van der Waals surface area (Å²) >= 11 is 0. The highest BCUT2D eigenvalue weighted by Gasteiger charge is 2.27. The average molecular weight is 568 g/mol. The fraction of sp³-hybridized carbons (Fsp3) is 0.500. The van der Waals surface area contributed by atoms with Crippen LogP contribution in [0.15, 0.2) is 53.5 Å². The van der Waals surface area contributed by atoms with E-state index in [9.17, 15) is 0 Å². The molecule has 0 aromatic heterocycles. The molecule has 2 aromatic rings. The van der Waals surface area contributed by atoms with E-state index in [1.165, 1.54) is 11.1 Å². The van der Waals surface area contributed by atoms with Crippen molar-refractivity contribution in [2.75, 3.05) is 40.0 Å². The third-order valence-electron chi connectivity index (χ3n) is 5.64. The van der Waals surface area contributed by atoms with Crippen LogP contribution in [0, 0.1) is 5.92 Å². The first-order valence-corrected chi connectivity index (χ1v) is 11.7. The summed E-state index contributed by atoms with van der Waals surface area (Å²) < 4.78 is 17.5. The first-order valence-electron chi connectivity index (χ1n) is 11.7. The van der Waals surface area contributed by atoms with Crippen molar-refractivity contribution in [1.82, 2.24) is 10.6 Å². The molecular weight excluding hydrogens is 529 g/mol. The molecular formula is C26H38IN3O3. The van der Waals surface area contributed by atoms with Crippen LogP contribution in [-0.4, -0.2) is 45.9 Å². The molecule has 0 amide bonds. The van der Waals surface area contributed by atoms with Crippen LogP contribution in [0.3, 0.4) is 0 Å². The van der Waals surface area contributed by atoms with Crippen LogP contribution >= 0.6 is 24.0 Å². The van der Waals surface area contributed by atoms with Gasteiger partial charge < -0.3 is 24.8 Å². The number of rotatable bonds is 10. The molecule has 1 aliphatic rings. The monoisotopic (exact) mass is 567 g/mol. The van der Waals surface area contributed by atoms with Gasteiger partial charge in [-0.1, -0.05) is 36.4 Å². The third-order valence-corrected chi connectivity index (χ3v) is 5.64. The highest BCUT2D eigenvalue weighted by molar-refractivity contribution is 14.0. The molecule has 2 atom stereocenters. The van der Waals surface area contributed by atoms with Gasteiger partial charge in [0.05, 0.1) is 19.3 Å². The van der Waals surface area contributed by atoms with Crippen molar-refractivity contribution < 1.29 is 14.2 Å². The van der Waals surface area contributed by atoms with E-state index >= 15 is 0 Å². The molecule has 2 N–H and O–H groups in total. The van der Waals surface area contributed by atoms with Gasteiger partial charge in [-0.15, -0.1) is 24.0 Å². The van der Waals surface area contributed by atoms with E-state index in [0.717, 1.165) is 56.4 Å². The first kappa shape index (κ1) is 27.2. The zero-order valence-corrected chi connectivity index (χ0v) is 22.3. The number of nitrogens with one attached hydrogen (secondary N) is 2. The highest BCUT2D eigenvalue weighted by atomic mass is 127. The van der Waals surface area contributed by atoms with Crippen molar-refractivity contribution in [3.63, 3.8) is 0 Å². The number of nitrogens with zero attached hydrogens (tertiary/aromatic N) is 1. The predicted octanol–water partition coefficient (Wildman–Crippen LogP) is 4.98. The third kappa shape index (κ3) is 8.37. The molecule has 0 saturated carbocycles. The Balaban J connectivity index is 0.00000385. The lowest BCUT2D eigenvalue weighted by Gasteiger charge is -2.32. The molecule has 1 aliphatic heterocycles. The van der Waals surface area contributed by atoms with Gasteiger partial charge in [0.2, 0.25) is 0 Å². The van der Waals surface area contributed by atoms with Gasteiger partial charge >= 0.3 is 0 Å². The van der Waals surface area contributed by atoms with Gasteiger partial charge in [0.25, 0.3) is 0 Å². The van der Waals surface area contributed by atoms with Crippen LogP contribution in [0.2, 0.25) is 0 Å². The summed E-state index contributed by atoms with van der Waals surface area (Å²) in [5.74, 6) is 2.84. The minimum atomic E-state index is 0. The number of halogens is 1. The SMILES string of the molecule is CCOc1ccc(CCNC(=NC)NCC2CCCOC2c2ccccc2)cc1OCC.I. The topological polar surface area (TPSA) is 64.1 Å². The minimum absolute atomic E-state index is 0. The molecule has 3 rings (SSSR count). The molecule has 2 unspecified atom stereocenters. The Labute approximate surface area is 215 Å². The van der Waals surface area contributed by atoms with E-state index in [2.05, 4.69) is 52.0 Å². The average Bonchev–Trinajstić information content (AvgIpc) is 2.84. The van der Waals surface area contributed by atoms with Crippen LogP contribution in [0.4, 0.5) is 0 Å². The molecule has 6 nitrogen and oxygen atoms in total. The van der Waals surface area contributed by atoms with Crippen LogP contribution < -0.4 is 20.1 Å². The molecule has 1 heterocycles. The second kappa shape index (κ2) is 15.0. The van der Waals surface area contributed by atoms with Gasteiger partial charge in [-0.05, 0) is 56.4 Å². The maximum atomic E-state index is 6.12. The lowest BCUT2D eigenvalue weighted by molar-refractivity contribution is -0.0265. The molecule has 7 heteroatoms. The summed E-state index contributed by atoms with van der Waals surface area (Å²) in [6.07, 6.45) is 3.25. The van der Waals surface area contributed by atoms with Gasteiger partial charge in [0.15, 0.2) is 17.5 Å². The molecule has 0 radical (unpaired) electrons. The van der Waals surface area contributed by atoms with Crippen LogP contribution in [-0.2, 0) is 11.2 Å². The lowest BCUT2D eigenvalue weighted by atomic mass is 9.89. The number of benzene rings is 2. The van der Waals surface area contributed by atoms with Crippen molar-refractivity contribution in [2.24, 2.45) is 10.9 Å². The summed E-state index contributed by atoms with van der Waals surface area (Å²) in [5.41, 5.74) is 2.45. The summed E-state index contributed by atoms with van der Waals surface area (Å²) in [7, 11) is 1.81. The van der Waals surface area contributed by atoms with Crippen molar-refractivity contribution in [3.8, 4) is 11.5 Å². The number of hydrogen-bond acceptors (Lipinski definition) is 4. The summed E-state index contributed by atoms with van der Waals surface area (Å²) in [4.78, 5) is 4.40. The van der Waals surface area contributed by atoms with Gasteiger partial charge in [-0.25, -0.2) is 0 Å². The summed E-state index contributed by atoms with van der Waals surface area (Å²) in [6.45, 7) is 7.65. The summed E-state index contributed by atoms with van der Waals surface area (Å²) in [5, 5.41) is 6.93. The van der Waals surface area contributed by atoms with Crippen LogP contribution in [0.5, 0.6) is 11.5 Å². The van der Waals surface area contributed by atoms with Gasteiger partial charge in [0.1, 0.15) is 0 Å². The Morgan fingerprint density at radius 3 is 2.52 bits per heavy atom. The van der Waals surface area contributed by atoms with Crippen molar-refractivity contribution in [3.05, 3.63) is 59.7 Å². The molecule has 33 heavy (non-hydrogen) atoms. The lowest BCUT2D eigenvalue weighted by Crippen LogP contribution is -2.42. The Morgan fingerprint density at radius 1 is 1.03 bits per heavy atom. The van der Waals surface area contributed by atoms with Crippen molar-refractivity contribution in [2.45, 2.75) is 39.2 Å². The predicted molar refractivity (Wildman–Crippen MR) is 145 cm³/mol. The fourth-order valence-corrected chi connectivity index (χ4v) is 4.09. The second-order valence-electron chi connectivity index (χ2n) is 7.88. The Hall–Kier alpha value is -2.00. The molecule has 0 spiro atoms. The smallest absolute Gasteiger partial charge is 0.190 e. The number of hydrogen-bond donors (Lipinski definition) is 2. The molecule has 0 bridgehead atoms. The fourth-order valence-electron chi connectivity index (χ4n) is 4.09. The van der Waals surface area contributed by atoms with Crippen molar-refractivity contribution in [1.29, 1.82) is 0 Å². The van der Waals surface area contributed by atoms with Gasteiger partial charge in [0, 0.05) is 32.7 Å². The molecule has 1 saturated heterocycles. The van der Waals surface area contributed by atoms with E-state index < -0.39 is 0 Å². The minimum Gasteiger partial charge on any atom is -0.490 e. The quantitative estimate of drug-likeness (QED) is 0.241. The molecule has 1 fully saturated rings. The number of guanidine groups is 1. The van der Waals surface area contributed by atoms with E-state index in [4.69, 9.17) is 14.2 Å². The second-order valence-corrected chi connectivity index (χ2v) is 7.88. The largest absolute Gasteiger partial charge is 0.490 e. The van der Waals surface area contributed by atoms with Gasteiger partial charge in [-0.2, -0.15) is 0 Å². The Bertz CT molecular complexity index is 848. The van der Waals surface area contributed by atoms with E-state index in [1.807, 2.05) is 33.0 Å². The highest BCUT2D eigenvalue weighted by Crippen LogP contribution is 2.33. The number of ether oxygens (including phenoxy) is 3. The first-order chi connectivity index (χ1) is 15.7. The van der Waals surface area contributed by atoms with E-state index in [1.54, 1.807) is 0 Å². The molecule has 0 aliphatic carbocycles. The zero-order chi connectivity index (χ0) is 22.6. The summed E-state index contributed by atoms with van der Waals surface area (Å²) in [6, 6.07) is 16.7. The normalized spacial score (nSPS) is 18.2. The zero-order valence-electron chi connectivity index (χ0n) is 20.0. The molecule has 182 valence electrons. The van der Waals surface area contributed by atoms with E-state index in [0.29, 0.717) is 19.1 Å². The van der Waals surface area contributed by atoms with Gasteiger partial charge in [-0.3, -0.25) is 4.99 Å². The maximum Gasteiger partial charge on any atom is 0.190 e. The van der Waals surface area contributed by atoms with Crippen molar-refractivity contribution >= 4 is 29.9 Å². The number of aliphatic imine (C=N–C) groups is 1. The van der Waals surface area contributed by atoms with Crippen LogP contribution in [0.25, 0.3) is 0 Å². The maximum absolute atomic E-state index is 6.12. The Morgan fingerprint density at radius 2 is 1.79 bits per heavy atom. The Kier molecular flexibility index (Phi) is 12.4.